The first-order valence-electron chi connectivity index (χ1n) is 10.8. The Hall–Kier alpha value is -4.36. The van der Waals surface area contributed by atoms with E-state index >= 15 is 0 Å². The zero-order valence-corrected chi connectivity index (χ0v) is 19.4. The number of esters is 1. The lowest BCUT2D eigenvalue weighted by molar-refractivity contribution is -0.384. The second-order valence-corrected chi connectivity index (χ2v) is 8.35. The molecule has 8 heteroatoms. The molecule has 0 fully saturated rings. The van der Waals surface area contributed by atoms with E-state index in [0.717, 1.165) is 22.0 Å². The summed E-state index contributed by atoms with van der Waals surface area (Å²) in [6, 6.07) is 24.3. The highest BCUT2D eigenvalue weighted by atomic mass is 35.5. The van der Waals surface area contributed by atoms with Gasteiger partial charge in [-0.15, -0.1) is 0 Å². The van der Waals surface area contributed by atoms with E-state index in [1.807, 2.05) is 48.5 Å². The van der Waals surface area contributed by atoms with E-state index in [0.29, 0.717) is 28.3 Å². The van der Waals surface area contributed by atoms with Crippen molar-refractivity contribution in [3.63, 3.8) is 0 Å². The minimum atomic E-state index is -0.592. The zero-order valence-electron chi connectivity index (χ0n) is 18.6. The molecule has 0 atom stereocenters. The summed E-state index contributed by atoms with van der Waals surface area (Å²) in [6.45, 7) is 0.555. The normalized spacial score (nSPS) is 11.0. The van der Waals surface area contributed by atoms with Gasteiger partial charge in [-0.2, -0.15) is 0 Å². The number of carbonyl (C=O) groups excluding carboxylic acids is 1. The van der Waals surface area contributed by atoms with Gasteiger partial charge in [0, 0.05) is 40.0 Å². The molecule has 1 aromatic heterocycles. The van der Waals surface area contributed by atoms with Gasteiger partial charge in [-0.3, -0.25) is 10.1 Å². The van der Waals surface area contributed by atoms with Gasteiger partial charge >= 0.3 is 5.97 Å². The molecule has 4 aromatic carbocycles. The van der Waals surface area contributed by atoms with Gasteiger partial charge in [0.15, 0.2) is 0 Å². The maximum Gasteiger partial charge on any atom is 0.344 e. The van der Waals surface area contributed by atoms with E-state index in [1.165, 1.54) is 24.3 Å². The lowest BCUT2D eigenvalue weighted by Crippen LogP contribution is -2.09. The van der Waals surface area contributed by atoms with E-state index in [2.05, 4.69) is 4.57 Å². The van der Waals surface area contributed by atoms with Crippen molar-refractivity contribution in [2.45, 2.75) is 6.54 Å². The summed E-state index contributed by atoms with van der Waals surface area (Å²) in [7, 11) is 1.58. The number of rotatable bonds is 6. The summed E-state index contributed by atoms with van der Waals surface area (Å²) >= 11 is 6.35. The third kappa shape index (κ3) is 4.18. The minimum Gasteiger partial charge on any atom is -0.495 e. The van der Waals surface area contributed by atoms with E-state index < -0.39 is 10.9 Å². The summed E-state index contributed by atoms with van der Waals surface area (Å²) in [6.07, 6.45) is 0. The maximum atomic E-state index is 13.3. The molecule has 0 radical (unpaired) electrons. The van der Waals surface area contributed by atoms with Crippen molar-refractivity contribution in [2.24, 2.45) is 0 Å². The number of carbonyl (C=O) groups is 1. The van der Waals surface area contributed by atoms with Crippen molar-refractivity contribution < 1.29 is 19.2 Å². The Morgan fingerprint density at radius 2 is 1.74 bits per heavy atom. The van der Waals surface area contributed by atoms with Crippen LogP contribution in [-0.2, 0) is 6.54 Å². The second-order valence-electron chi connectivity index (χ2n) is 7.91. The summed E-state index contributed by atoms with van der Waals surface area (Å²) in [5.74, 6) is 0.219. The first-order valence-corrected chi connectivity index (χ1v) is 11.1. The number of fused-ring (bicyclic) bond motifs is 3. The Morgan fingerprint density at radius 3 is 2.43 bits per heavy atom. The Kier molecular flexibility index (Phi) is 5.84. The number of hydrogen-bond acceptors (Lipinski definition) is 5. The zero-order chi connectivity index (χ0) is 24.5. The summed E-state index contributed by atoms with van der Waals surface area (Å²) in [5, 5.41) is 12.9. The summed E-state index contributed by atoms with van der Waals surface area (Å²) in [5.41, 5.74) is 2.96. The highest BCUT2D eigenvalue weighted by Gasteiger charge is 2.23. The van der Waals surface area contributed by atoms with Crippen LogP contribution in [0.3, 0.4) is 0 Å². The van der Waals surface area contributed by atoms with Crippen LogP contribution in [0.1, 0.15) is 15.9 Å². The number of hydrogen-bond donors (Lipinski definition) is 0. The van der Waals surface area contributed by atoms with E-state index in [1.54, 1.807) is 19.2 Å². The minimum absolute atomic E-state index is 0.0877. The molecule has 0 unspecified atom stereocenters. The molecule has 0 aliphatic heterocycles. The highest BCUT2D eigenvalue weighted by molar-refractivity contribution is 6.32. The fraction of sp³-hybridized carbons (Fsp3) is 0.0741. The number of nitrogens with zero attached hydrogens (tertiary/aromatic N) is 2. The number of benzene rings is 4. The molecule has 0 aliphatic rings. The molecule has 0 bridgehead atoms. The number of nitro groups is 1. The summed E-state index contributed by atoms with van der Waals surface area (Å²) in [4.78, 5) is 23.7. The van der Waals surface area contributed by atoms with Gasteiger partial charge in [-0.1, -0.05) is 41.9 Å². The van der Waals surface area contributed by atoms with Crippen LogP contribution in [0.5, 0.6) is 11.5 Å². The van der Waals surface area contributed by atoms with Gasteiger partial charge in [-0.05, 0) is 48.0 Å². The van der Waals surface area contributed by atoms with Crippen molar-refractivity contribution in [1.29, 1.82) is 0 Å². The fourth-order valence-electron chi connectivity index (χ4n) is 4.24. The van der Waals surface area contributed by atoms with Crippen LogP contribution in [0.25, 0.3) is 21.8 Å². The third-order valence-electron chi connectivity index (χ3n) is 5.81. The first-order chi connectivity index (χ1) is 17.0. The molecule has 5 aromatic rings. The van der Waals surface area contributed by atoms with E-state index in [9.17, 15) is 14.9 Å². The molecule has 0 N–H and O–H groups in total. The first kappa shape index (κ1) is 22.4. The van der Waals surface area contributed by atoms with Gasteiger partial charge in [0.1, 0.15) is 11.5 Å². The standard InChI is InChI=1S/C27H19ClN2O5/c1-34-24-14-12-21(27(31)35-20-10-8-19(9-11-20)30(32)33)25-22-15-18(28)7-13-23(22)29(26(24)25)16-17-5-3-2-4-6-17/h2-15H,16H2,1H3. The monoisotopic (exact) mass is 486 g/mol. The maximum absolute atomic E-state index is 13.3. The average molecular weight is 487 g/mol. The van der Waals surface area contributed by atoms with Gasteiger partial charge in [-0.25, -0.2) is 4.79 Å². The molecule has 0 aliphatic carbocycles. The number of aromatic nitrogens is 1. The Balaban J connectivity index is 1.68. The lowest BCUT2D eigenvalue weighted by atomic mass is 10.1. The molecule has 0 amide bonds. The summed E-state index contributed by atoms with van der Waals surface area (Å²) < 4.78 is 13.4. The number of methoxy groups -OCH3 is 1. The highest BCUT2D eigenvalue weighted by Crippen LogP contribution is 2.39. The molecule has 5 rings (SSSR count). The molecule has 0 spiro atoms. The van der Waals surface area contributed by atoms with E-state index in [4.69, 9.17) is 21.1 Å². The van der Waals surface area contributed by atoms with Gasteiger partial charge < -0.3 is 14.0 Å². The molecular weight excluding hydrogens is 468 g/mol. The number of nitro benzene ring substituents is 1. The van der Waals surface area contributed by atoms with Crippen molar-refractivity contribution >= 4 is 45.1 Å². The van der Waals surface area contributed by atoms with Gasteiger partial charge in [0.05, 0.1) is 23.1 Å². The molecule has 7 nitrogen and oxygen atoms in total. The molecule has 174 valence electrons. The Morgan fingerprint density at radius 1 is 1.00 bits per heavy atom. The van der Waals surface area contributed by atoms with Crippen LogP contribution in [-0.4, -0.2) is 22.6 Å². The van der Waals surface area contributed by atoms with Crippen molar-refractivity contribution in [3.8, 4) is 11.5 Å². The SMILES string of the molecule is COc1ccc(C(=O)Oc2ccc([N+](=O)[O-])cc2)c2c3cc(Cl)ccc3n(Cc3ccccc3)c12. The smallest absolute Gasteiger partial charge is 0.344 e. The predicted molar refractivity (Wildman–Crippen MR) is 135 cm³/mol. The van der Waals surface area contributed by atoms with Gasteiger partial charge in [0.25, 0.3) is 5.69 Å². The van der Waals surface area contributed by atoms with Crippen LogP contribution in [0.15, 0.2) is 84.9 Å². The largest absolute Gasteiger partial charge is 0.495 e. The molecule has 0 saturated carbocycles. The van der Waals surface area contributed by atoms with Crippen LogP contribution >= 0.6 is 11.6 Å². The average Bonchev–Trinajstić information content (AvgIpc) is 3.18. The molecule has 0 saturated heterocycles. The van der Waals surface area contributed by atoms with Crippen LogP contribution < -0.4 is 9.47 Å². The number of ether oxygens (including phenoxy) is 2. The molecular formula is C27H19ClN2O5. The van der Waals surface area contributed by atoms with E-state index in [-0.39, 0.29) is 11.4 Å². The van der Waals surface area contributed by atoms with Crippen LogP contribution in [0.4, 0.5) is 5.69 Å². The van der Waals surface area contributed by atoms with Crippen LogP contribution in [0.2, 0.25) is 5.02 Å². The van der Waals surface area contributed by atoms with Crippen molar-refractivity contribution in [1.82, 2.24) is 4.57 Å². The lowest BCUT2D eigenvalue weighted by Gasteiger charge is -2.12. The molecule has 35 heavy (non-hydrogen) atoms. The number of halogens is 1. The fourth-order valence-corrected chi connectivity index (χ4v) is 4.41. The molecule has 1 heterocycles. The quantitative estimate of drug-likeness (QED) is 0.116. The topological polar surface area (TPSA) is 83.6 Å². The van der Waals surface area contributed by atoms with Gasteiger partial charge in [0.2, 0.25) is 0 Å². The van der Waals surface area contributed by atoms with Crippen molar-refractivity contribution in [3.05, 3.63) is 111 Å². The Labute approximate surface area is 205 Å². The van der Waals surface area contributed by atoms with Crippen molar-refractivity contribution in [2.75, 3.05) is 7.11 Å². The third-order valence-corrected chi connectivity index (χ3v) is 6.05. The predicted octanol–water partition coefficient (Wildman–Crippen LogP) is 6.63. The van der Waals surface area contributed by atoms with Crippen LogP contribution in [0, 0.1) is 10.1 Å². The number of non-ortho nitro benzene ring substituents is 1. The Bertz CT molecular complexity index is 1580. The second kappa shape index (κ2) is 9.12.